The van der Waals surface area contributed by atoms with Crippen LogP contribution in [-0.2, 0) is 0 Å². The number of rotatable bonds is 2. The van der Waals surface area contributed by atoms with Crippen molar-refractivity contribution in [3.8, 4) is 22.6 Å². The summed E-state index contributed by atoms with van der Waals surface area (Å²) in [4.78, 5) is 11.3. The summed E-state index contributed by atoms with van der Waals surface area (Å²) in [6.07, 6.45) is 6.90. The third kappa shape index (κ3) is 1.46. The third-order valence-electron chi connectivity index (χ3n) is 2.23. The first-order chi connectivity index (χ1) is 7.93. The highest BCUT2D eigenvalue weighted by Crippen LogP contribution is 2.20. The summed E-state index contributed by atoms with van der Waals surface area (Å²) in [5.41, 5.74) is 3.37. The molecule has 3 heterocycles. The van der Waals surface area contributed by atoms with Crippen LogP contribution in [0.5, 0.6) is 0 Å². The molecule has 6 nitrogen and oxygen atoms in total. The molecule has 0 amide bonds. The quantitative estimate of drug-likeness (QED) is 0.669. The molecule has 0 atom stereocenters. The van der Waals surface area contributed by atoms with Crippen molar-refractivity contribution in [3.63, 3.8) is 0 Å². The molecule has 0 saturated carbocycles. The van der Waals surface area contributed by atoms with Gasteiger partial charge in [0.15, 0.2) is 0 Å². The van der Waals surface area contributed by atoms with Gasteiger partial charge in [-0.15, -0.1) is 5.10 Å². The highest BCUT2D eigenvalue weighted by atomic mass is 15.3. The minimum Gasteiger partial charge on any atom is -0.351 e. The van der Waals surface area contributed by atoms with Crippen LogP contribution in [0.25, 0.3) is 22.6 Å². The van der Waals surface area contributed by atoms with E-state index >= 15 is 0 Å². The zero-order valence-corrected chi connectivity index (χ0v) is 8.25. The zero-order chi connectivity index (χ0) is 10.8. The van der Waals surface area contributed by atoms with E-state index in [2.05, 4.69) is 30.4 Å². The van der Waals surface area contributed by atoms with Crippen LogP contribution in [0.1, 0.15) is 0 Å². The lowest BCUT2D eigenvalue weighted by atomic mass is 10.1. The summed E-state index contributed by atoms with van der Waals surface area (Å²) in [5, 5.41) is 10.3. The van der Waals surface area contributed by atoms with Crippen molar-refractivity contribution in [3.05, 3.63) is 37.1 Å². The molecule has 0 aliphatic rings. The lowest BCUT2D eigenvalue weighted by Gasteiger charge is -1.98. The Morgan fingerprint density at radius 2 is 2.00 bits per heavy atom. The maximum Gasteiger partial charge on any atom is 0.112 e. The summed E-state index contributed by atoms with van der Waals surface area (Å²) in [6.45, 7) is 0. The molecule has 2 N–H and O–H groups in total. The molecule has 6 heteroatoms. The molecule has 78 valence electrons. The summed E-state index contributed by atoms with van der Waals surface area (Å²) in [6, 6.07) is 3.81. The maximum absolute atomic E-state index is 4.25. The molecule has 3 aromatic rings. The molecule has 0 bridgehead atoms. The smallest absolute Gasteiger partial charge is 0.112 e. The Balaban J connectivity index is 2.07. The van der Waals surface area contributed by atoms with Gasteiger partial charge in [-0.3, -0.25) is 10.1 Å². The minimum absolute atomic E-state index is 0.791. The molecule has 0 fully saturated rings. The average molecular weight is 212 g/mol. The third-order valence-corrected chi connectivity index (χ3v) is 2.23. The molecule has 3 aromatic heterocycles. The molecule has 0 radical (unpaired) electrons. The fourth-order valence-electron chi connectivity index (χ4n) is 1.47. The summed E-state index contributed by atoms with van der Waals surface area (Å²) in [5.74, 6) is 0. The van der Waals surface area contributed by atoms with E-state index in [0.29, 0.717) is 0 Å². The Hall–Kier alpha value is -2.50. The van der Waals surface area contributed by atoms with Crippen LogP contribution in [0, 0.1) is 0 Å². The van der Waals surface area contributed by atoms with Crippen LogP contribution in [0.15, 0.2) is 37.1 Å². The second kappa shape index (κ2) is 3.58. The van der Waals surface area contributed by atoms with Crippen LogP contribution in [0.3, 0.4) is 0 Å². The van der Waals surface area contributed by atoms with Crippen LogP contribution in [0.2, 0.25) is 0 Å². The van der Waals surface area contributed by atoms with Crippen LogP contribution in [-0.4, -0.2) is 30.4 Å². The van der Waals surface area contributed by atoms with Gasteiger partial charge in [-0.2, -0.15) is 0 Å². The Bertz CT molecular complexity index is 520. The highest BCUT2D eigenvalue weighted by Gasteiger charge is 2.05. The number of nitrogens with zero attached hydrogens (tertiary/aromatic N) is 4. The topological polar surface area (TPSA) is 83.1 Å². The van der Waals surface area contributed by atoms with Gasteiger partial charge in [0, 0.05) is 24.2 Å². The van der Waals surface area contributed by atoms with Gasteiger partial charge in [0.25, 0.3) is 0 Å². The second-order valence-corrected chi connectivity index (χ2v) is 3.24. The van der Waals surface area contributed by atoms with Crippen LogP contribution < -0.4 is 0 Å². The number of H-pyrrole nitrogens is 2. The molecule has 0 spiro atoms. The Labute approximate surface area is 90.8 Å². The first-order valence-electron chi connectivity index (χ1n) is 4.75. The first kappa shape index (κ1) is 8.78. The monoisotopic (exact) mass is 212 g/mol. The fourth-order valence-corrected chi connectivity index (χ4v) is 1.47. The van der Waals surface area contributed by atoms with E-state index in [4.69, 9.17) is 0 Å². The lowest BCUT2D eigenvalue weighted by molar-refractivity contribution is 0.942. The molecule has 0 saturated heterocycles. The van der Waals surface area contributed by atoms with E-state index in [9.17, 15) is 0 Å². The van der Waals surface area contributed by atoms with E-state index in [1.807, 2.05) is 12.1 Å². The van der Waals surface area contributed by atoms with Crippen molar-refractivity contribution in [2.24, 2.45) is 0 Å². The van der Waals surface area contributed by atoms with Gasteiger partial charge in [-0.1, -0.05) is 5.21 Å². The molecule has 3 rings (SSSR count). The van der Waals surface area contributed by atoms with Crippen molar-refractivity contribution < 1.29 is 0 Å². The number of aromatic amines is 2. The van der Waals surface area contributed by atoms with Crippen molar-refractivity contribution in [1.29, 1.82) is 0 Å². The number of aromatic nitrogens is 6. The van der Waals surface area contributed by atoms with Crippen molar-refractivity contribution >= 4 is 0 Å². The van der Waals surface area contributed by atoms with Crippen LogP contribution >= 0.6 is 0 Å². The first-order valence-corrected chi connectivity index (χ1v) is 4.75. The lowest BCUT2D eigenvalue weighted by Crippen LogP contribution is -1.85. The van der Waals surface area contributed by atoms with E-state index in [1.165, 1.54) is 0 Å². The molecule has 0 unspecified atom stereocenters. The maximum atomic E-state index is 4.25. The van der Waals surface area contributed by atoms with Crippen LogP contribution in [0.4, 0.5) is 0 Å². The van der Waals surface area contributed by atoms with E-state index in [0.717, 1.165) is 22.6 Å². The molecule has 0 aliphatic carbocycles. The Morgan fingerprint density at radius 3 is 2.75 bits per heavy atom. The normalized spacial score (nSPS) is 10.5. The summed E-state index contributed by atoms with van der Waals surface area (Å²) >= 11 is 0. The Kier molecular flexibility index (Phi) is 1.96. The molecule has 0 aromatic carbocycles. The van der Waals surface area contributed by atoms with Gasteiger partial charge >= 0.3 is 0 Å². The van der Waals surface area contributed by atoms with Gasteiger partial charge < -0.3 is 4.98 Å². The van der Waals surface area contributed by atoms with E-state index < -0.39 is 0 Å². The molecular formula is C10H8N6. The predicted octanol–water partition coefficient (Wildman–Crippen LogP) is 1.26. The fraction of sp³-hybridized carbons (Fsp3) is 0. The molecular weight excluding hydrogens is 204 g/mol. The number of nitrogens with one attached hydrogen (secondary N) is 2. The van der Waals surface area contributed by atoms with Crippen molar-refractivity contribution in [2.75, 3.05) is 0 Å². The van der Waals surface area contributed by atoms with Gasteiger partial charge in [0.2, 0.25) is 0 Å². The standard InChI is InChI=1S/C10H8N6/c1-2-12-8(10-4-11-6-13-10)3-7(1)9-5-14-16-15-9/h1-6H,(H,11,13)(H,14,15,16). The number of hydrogen-bond acceptors (Lipinski definition) is 4. The summed E-state index contributed by atoms with van der Waals surface area (Å²) < 4.78 is 0. The van der Waals surface area contributed by atoms with Gasteiger partial charge in [0.1, 0.15) is 11.4 Å². The van der Waals surface area contributed by atoms with E-state index in [-0.39, 0.29) is 0 Å². The SMILES string of the molecule is c1cc(-c2c[nH]nn2)cc(-c2c[nH]cn2)n1. The zero-order valence-electron chi connectivity index (χ0n) is 8.25. The number of pyridine rings is 1. The molecule has 0 aliphatic heterocycles. The summed E-state index contributed by atoms with van der Waals surface area (Å²) in [7, 11) is 0. The van der Waals surface area contributed by atoms with Gasteiger partial charge in [0.05, 0.1) is 12.0 Å². The molecule has 16 heavy (non-hydrogen) atoms. The van der Waals surface area contributed by atoms with Gasteiger partial charge in [-0.05, 0) is 12.1 Å². The average Bonchev–Trinajstić information content (AvgIpc) is 3.03. The highest BCUT2D eigenvalue weighted by molar-refractivity contribution is 5.65. The van der Waals surface area contributed by atoms with Crippen molar-refractivity contribution in [2.45, 2.75) is 0 Å². The largest absolute Gasteiger partial charge is 0.351 e. The Morgan fingerprint density at radius 1 is 1.00 bits per heavy atom. The second-order valence-electron chi connectivity index (χ2n) is 3.24. The number of imidazole rings is 1. The minimum atomic E-state index is 0.791. The van der Waals surface area contributed by atoms with Crippen molar-refractivity contribution in [1.82, 2.24) is 30.4 Å². The van der Waals surface area contributed by atoms with Gasteiger partial charge in [-0.25, -0.2) is 4.98 Å². The predicted molar refractivity (Wildman–Crippen MR) is 57.2 cm³/mol. The van der Waals surface area contributed by atoms with E-state index in [1.54, 1.807) is 24.9 Å². The number of hydrogen-bond donors (Lipinski definition) is 2.